The number of carbonyl (C=O) groups excluding carboxylic acids is 1. The van der Waals surface area contributed by atoms with Crippen molar-refractivity contribution in [2.75, 3.05) is 0 Å². The van der Waals surface area contributed by atoms with Gasteiger partial charge in [-0.1, -0.05) is 11.6 Å². The molecule has 0 saturated heterocycles. The van der Waals surface area contributed by atoms with Gasteiger partial charge in [-0.05, 0) is 34.7 Å². The van der Waals surface area contributed by atoms with Crippen LogP contribution in [0.5, 0.6) is 0 Å². The fraction of sp³-hybridized carbons (Fsp3) is 0.100. The van der Waals surface area contributed by atoms with Crippen LogP contribution in [-0.4, -0.2) is 5.78 Å². The van der Waals surface area contributed by atoms with Gasteiger partial charge in [0.1, 0.15) is 0 Å². The first-order valence-corrected chi connectivity index (χ1v) is 5.79. The van der Waals surface area contributed by atoms with E-state index in [1.165, 1.54) is 17.6 Å². The smallest absolute Gasteiger partial charge is 0.203 e. The third-order valence-corrected chi connectivity index (χ3v) is 3.34. The van der Waals surface area contributed by atoms with Gasteiger partial charge < -0.3 is 4.42 Å². The molecule has 15 heavy (non-hydrogen) atoms. The third-order valence-electron chi connectivity index (χ3n) is 1.90. The monoisotopic (exact) mass is 260 g/mol. The van der Waals surface area contributed by atoms with Crippen molar-refractivity contribution < 1.29 is 9.21 Å². The highest BCUT2D eigenvalue weighted by Gasteiger charge is 2.14. The van der Waals surface area contributed by atoms with Crippen molar-refractivity contribution in [3.63, 3.8) is 0 Å². The Morgan fingerprint density at radius 3 is 2.80 bits per heavy atom. The second kappa shape index (κ2) is 4.39. The van der Waals surface area contributed by atoms with E-state index >= 15 is 0 Å². The minimum absolute atomic E-state index is 0.0665. The average molecular weight is 261 g/mol. The molecule has 0 aliphatic carbocycles. The molecule has 2 aromatic heterocycles. The van der Waals surface area contributed by atoms with Crippen LogP contribution in [0, 0.1) is 0 Å². The number of hydrogen-bond acceptors (Lipinski definition) is 3. The Labute approximate surface area is 100 Å². The van der Waals surface area contributed by atoms with Crippen molar-refractivity contribution in [1.29, 1.82) is 0 Å². The first kappa shape index (κ1) is 10.7. The minimum Gasteiger partial charge on any atom is -0.452 e. The van der Waals surface area contributed by atoms with Crippen LogP contribution in [0.15, 0.2) is 28.2 Å². The van der Waals surface area contributed by atoms with Gasteiger partial charge in [-0.15, -0.1) is 11.3 Å². The summed E-state index contributed by atoms with van der Waals surface area (Å²) in [6, 6.07) is 3.34. The van der Waals surface area contributed by atoms with Gasteiger partial charge in [-0.3, -0.25) is 4.79 Å². The van der Waals surface area contributed by atoms with Crippen LogP contribution in [0.1, 0.15) is 15.9 Å². The fourth-order valence-electron chi connectivity index (χ4n) is 1.21. The summed E-state index contributed by atoms with van der Waals surface area (Å²) in [5.41, 5.74) is 1.31. The topological polar surface area (TPSA) is 30.2 Å². The largest absolute Gasteiger partial charge is 0.452 e. The van der Waals surface area contributed by atoms with E-state index < -0.39 is 0 Å². The molecule has 78 valence electrons. The molecule has 0 aliphatic rings. The van der Waals surface area contributed by atoms with Crippen molar-refractivity contribution in [3.8, 4) is 0 Å². The number of Topliss-reactive ketones (excluding diaryl/α,β-unsaturated/α-hetero) is 1. The molecule has 5 heteroatoms. The molecule has 0 spiro atoms. The second-order valence-corrected chi connectivity index (χ2v) is 4.85. The van der Waals surface area contributed by atoms with Gasteiger partial charge in [-0.2, -0.15) is 0 Å². The van der Waals surface area contributed by atoms with Crippen LogP contribution >= 0.6 is 34.5 Å². The molecule has 2 aromatic rings. The highest BCUT2D eigenvalue weighted by atomic mass is 35.5. The third kappa shape index (κ3) is 2.43. The molecule has 0 unspecified atom stereocenters. The van der Waals surface area contributed by atoms with Gasteiger partial charge in [0, 0.05) is 6.42 Å². The number of halogens is 2. The maximum absolute atomic E-state index is 11.7. The van der Waals surface area contributed by atoms with Gasteiger partial charge in [0.2, 0.25) is 5.22 Å². The minimum atomic E-state index is -0.0665. The fourth-order valence-corrected chi connectivity index (χ4v) is 2.34. The summed E-state index contributed by atoms with van der Waals surface area (Å²) in [6.45, 7) is 0. The molecule has 0 aromatic carbocycles. The summed E-state index contributed by atoms with van der Waals surface area (Å²) in [5, 5.41) is 2.00. The van der Waals surface area contributed by atoms with Crippen LogP contribution in [-0.2, 0) is 6.42 Å². The molecule has 0 N–H and O–H groups in total. The number of hydrogen-bond donors (Lipinski definition) is 0. The Bertz CT molecular complexity index is 487. The SMILES string of the molecule is O=C(Cc1csc(Cl)c1)c1ccoc1Cl. The molecule has 0 amide bonds. The molecule has 0 atom stereocenters. The van der Waals surface area contributed by atoms with E-state index in [1.807, 2.05) is 5.38 Å². The molecule has 0 aliphatic heterocycles. The first-order valence-electron chi connectivity index (χ1n) is 4.16. The van der Waals surface area contributed by atoms with Crippen LogP contribution in [0.4, 0.5) is 0 Å². The van der Waals surface area contributed by atoms with E-state index in [1.54, 1.807) is 12.1 Å². The predicted octanol–water partition coefficient (Wildman–Crippen LogP) is 4.07. The average Bonchev–Trinajstić information content (AvgIpc) is 2.75. The van der Waals surface area contributed by atoms with E-state index in [9.17, 15) is 4.79 Å². The van der Waals surface area contributed by atoms with Crippen molar-refractivity contribution in [3.05, 3.63) is 44.5 Å². The van der Waals surface area contributed by atoms with Crippen LogP contribution in [0.25, 0.3) is 0 Å². The Kier molecular flexibility index (Phi) is 3.14. The summed E-state index contributed by atoms with van der Waals surface area (Å²) in [4.78, 5) is 11.7. The van der Waals surface area contributed by atoms with Gasteiger partial charge in [0.25, 0.3) is 0 Å². The Morgan fingerprint density at radius 2 is 2.27 bits per heavy atom. The lowest BCUT2D eigenvalue weighted by Gasteiger charge is -1.95. The highest BCUT2D eigenvalue weighted by Crippen LogP contribution is 2.23. The van der Waals surface area contributed by atoms with E-state index in [-0.39, 0.29) is 11.0 Å². The van der Waals surface area contributed by atoms with Crippen LogP contribution in [0.3, 0.4) is 0 Å². The molecule has 0 saturated carbocycles. The lowest BCUT2D eigenvalue weighted by molar-refractivity contribution is 0.0992. The van der Waals surface area contributed by atoms with Gasteiger partial charge in [0.05, 0.1) is 16.2 Å². The van der Waals surface area contributed by atoms with E-state index in [4.69, 9.17) is 27.6 Å². The van der Waals surface area contributed by atoms with Crippen molar-refractivity contribution in [2.45, 2.75) is 6.42 Å². The zero-order chi connectivity index (χ0) is 10.8. The standard InChI is InChI=1S/C10H6Cl2O2S/c11-9-4-6(5-15-9)3-8(13)7-1-2-14-10(7)12/h1-2,4-5H,3H2. The summed E-state index contributed by atoms with van der Waals surface area (Å²) in [5.74, 6) is -0.0665. The Balaban J connectivity index is 2.14. The highest BCUT2D eigenvalue weighted by molar-refractivity contribution is 7.14. The van der Waals surface area contributed by atoms with Gasteiger partial charge in [-0.25, -0.2) is 0 Å². The molecular weight excluding hydrogens is 255 g/mol. The lowest BCUT2D eigenvalue weighted by Crippen LogP contribution is -2.01. The van der Waals surface area contributed by atoms with Crippen LogP contribution in [0.2, 0.25) is 9.56 Å². The maximum Gasteiger partial charge on any atom is 0.203 e. The quantitative estimate of drug-likeness (QED) is 0.779. The number of ketones is 1. The molecule has 2 rings (SSSR count). The number of thiophene rings is 1. The molecule has 0 bridgehead atoms. The maximum atomic E-state index is 11.7. The van der Waals surface area contributed by atoms with Crippen molar-refractivity contribution in [1.82, 2.24) is 0 Å². The number of rotatable bonds is 3. The molecule has 2 heterocycles. The molecule has 0 radical (unpaired) electrons. The summed E-state index contributed by atoms with van der Waals surface area (Å²) >= 11 is 12.9. The zero-order valence-corrected chi connectivity index (χ0v) is 9.83. The lowest BCUT2D eigenvalue weighted by atomic mass is 10.1. The van der Waals surface area contributed by atoms with E-state index in [0.717, 1.165) is 5.56 Å². The van der Waals surface area contributed by atoms with Gasteiger partial charge in [0.15, 0.2) is 5.78 Å². The second-order valence-electron chi connectivity index (χ2n) is 2.97. The molecule has 0 fully saturated rings. The number of furan rings is 1. The molecule has 2 nitrogen and oxygen atoms in total. The predicted molar refractivity (Wildman–Crippen MR) is 61.1 cm³/mol. The van der Waals surface area contributed by atoms with Crippen molar-refractivity contribution in [2.24, 2.45) is 0 Å². The van der Waals surface area contributed by atoms with E-state index in [2.05, 4.69) is 0 Å². The van der Waals surface area contributed by atoms with E-state index in [0.29, 0.717) is 16.3 Å². The normalized spacial score (nSPS) is 10.5. The van der Waals surface area contributed by atoms with Gasteiger partial charge >= 0.3 is 0 Å². The van der Waals surface area contributed by atoms with Crippen LogP contribution < -0.4 is 0 Å². The first-order chi connectivity index (χ1) is 7.16. The number of carbonyl (C=O) groups is 1. The molecular formula is C10H6Cl2O2S. The summed E-state index contributed by atoms with van der Waals surface area (Å²) < 4.78 is 5.53. The Hall–Kier alpha value is -0.770. The van der Waals surface area contributed by atoms with Crippen molar-refractivity contribution >= 4 is 40.3 Å². The summed E-state index contributed by atoms with van der Waals surface area (Å²) in [6.07, 6.45) is 1.69. The summed E-state index contributed by atoms with van der Waals surface area (Å²) in [7, 11) is 0. The zero-order valence-electron chi connectivity index (χ0n) is 7.50. The Morgan fingerprint density at radius 1 is 1.47 bits per heavy atom.